The van der Waals surface area contributed by atoms with Gasteiger partial charge in [0.15, 0.2) is 0 Å². The number of benzene rings is 2. The molecule has 2 rings (SSSR count). The van der Waals surface area contributed by atoms with Crippen molar-refractivity contribution >= 4 is 11.1 Å². The largest absolute Gasteiger partial charge is 0.567 e. The molecule has 0 aliphatic rings. The van der Waals surface area contributed by atoms with Crippen LogP contribution in [0.2, 0.25) is 0 Å². The van der Waals surface area contributed by atoms with Crippen molar-refractivity contribution in [3.63, 3.8) is 0 Å². The minimum Gasteiger partial charge on any atom is -0.253 e. The number of nitrogens with zero attached hydrogens (tertiary/aromatic N) is 2. The van der Waals surface area contributed by atoms with E-state index in [9.17, 15) is 20.2 Å². The first-order valence-corrected chi connectivity index (χ1v) is 11.8. The molecule has 0 unspecified atom stereocenters. The van der Waals surface area contributed by atoms with E-state index in [4.69, 9.17) is 0 Å². The molecular weight excluding hydrogens is 428 g/mol. The summed E-state index contributed by atoms with van der Waals surface area (Å²) in [6.45, 7) is 20.4. The van der Waals surface area contributed by atoms with Crippen LogP contribution < -0.4 is 0 Å². The van der Waals surface area contributed by atoms with Gasteiger partial charge in [-0.1, -0.05) is 98.4 Å². The third kappa shape index (κ3) is 5.27. The summed E-state index contributed by atoms with van der Waals surface area (Å²) in [5, 5.41) is 24.3. The molecule has 0 radical (unpaired) electrons. The molecule has 0 N–H and O–H groups in total. The van der Waals surface area contributed by atoms with Gasteiger partial charge >= 0.3 is 5.82 Å². The summed E-state index contributed by atoms with van der Waals surface area (Å²) >= 11 is 0. The van der Waals surface area contributed by atoms with Crippen LogP contribution in [-0.2, 0) is 0 Å². The highest BCUT2D eigenvalue weighted by Gasteiger charge is 2.38. The van der Waals surface area contributed by atoms with E-state index < -0.39 is 15.7 Å². The summed E-state index contributed by atoms with van der Waals surface area (Å²) in [7, 11) is 0. The van der Waals surface area contributed by atoms with Crippen molar-refractivity contribution in [2.45, 2.75) is 79.1 Å². The number of hydrogen-bond donors (Lipinski definition) is 0. The van der Waals surface area contributed by atoms with Gasteiger partial charge in [0, 0.05) is 5.56 Å². The molecule has 0 fully saturated rings. The molecule has 6 heteroatoms. The molecule has 0 bridgehead atoms. The standard InChI is InChI=1S/C28H36N2O4/c1-16(2)21-12-10-13-22(17(3)4)25(21)20(9)26(28(29(31)32)30(33)34)27-23(18(5)6)14-11-15-24(27)19(7)8/h10-19H,9H2,1-8H3. The molecule has 0 amide bonds. The maximum atomic E-state index is 12.2. The summed E-state index contributed by atoms with van der Waals surface area (Å²) < 4.78 is 0. The lowest BCUT2D eigenvalue weighted by molar-refractivity contribution is -0.614. The van der Waals surface area contributed by atoms with Gasteiger partial charge in [-0.25, -0.2) is 0 Å². The van der Waals surface area contributed by atoms with Gasteiger partial charge in [0.25, 0.3) is 0 Å². The first-order chi connectivity index (χ1) is 15.8. The fourth-order valence-corrected chi connectivity index (χ4v) is 4.51. The lowest BCUT2D eigenvalue weighted by Gasteiger charge is -2.25. The SMILES string of the molecule is C=C(C(=C([N+](=O)[O-])[N+](=O)[O-])c1c(C(C)C)cccc1C(C)C)c1c(C(C)C)cccc1C(C)C. The summed E-state index contributed by atoms with van der Waals surface area (Å²) in [6, 6.07) is 11.6. The molecule has 0 aliphatic heterocycles. The van der Waals surface area contributed by atoms with Crippen molar-refractivity contribution in [2.75, 3.05) is 0 Å². The summed E-state index contributed by atoms with van der Waals surface area (Å²) in [6.07, 6.45) is 0. The summed E-state index contributed by atoms with van der Waals surface area (Å²) in [5.41, 5.74) is 5.23. The van der Waals surface area contributed by atoms with Crippen molar-refractivity contribution in [3.05, 3.63) is 102 Å². The van der Waals surface area contributed by atoms with E-state index in [-0.39, 0.29) is 29.2 Å². The number of nitro groups is 2. The number of hydrogen-bond acceptors (Lipinski definition) is 4. The van der Waals surface area contributed by atoms with Gasteiger partial charge in [0.05, 0.1) is 0 Å². The Hall–Kier alpha value is -3.28. The number of allylic oxidation sites excluding steroid dienone is 2. The Morgan fingerprint density at radius 1 is 0.647 bits per heavy atom. The van der Waals surface area contributed by atoms with Crippen molar-refractivity contribution < 1.29 is 9.85 Å². The molecule has 2 aromatic rings. The Balaban J connectivity index is 3.17. The average Bonchev–Trinajstić information content (AvgIpc) is 2.74. The Morgan fingerprint density at radius 2 is 0.941 bits per heavy atom. The molecule has 0 saturated heterocycles. The highest BCUT2D eigenvalue weighted by Crippen LogP contribution is 2.44. The van der Waals surface area contributed by atoms with Crippen molar-refractivity contribution in [1.29, 1.82) is 0 Å². The molecule has 0 heterocycles. The zero-order chi connectivity index (χ0) is 25.9. The molecule has 0 atom stereocenters. The second-order valence-electron chi connectivity index (χ2n) is 9.93. The fourth-order valence-electron chi connectivity index (χ4n) is 4.51. The maximum absolute atomic E-state index is 12.2. The monoisotopic (exact) mass is 464 g/mol. The number of rotatable bonds is 9. The molecule has 0 aromatic heterocycles. The van der Waals surface area contributed by atoms with E-state index in [1.807, 2.05) is 91.8 Å². The highest BCUT2D eigenvalue weighted by atomic mass is 16.7. The van der Waals surface area contributed by atoms with E-state index in [1.165, 1.54) is 0 Å². The normalized spacial score (nSPS) is 11.4. The van der Waals surface area contributed by atoms with Crippen LogP contribution in [0, 0.1) is 20.2 Å². The third-order valence-electron chi connectivity index (χ3n) is 6.17. The predicted molar refractivity (Wildman–Crippen MR) is 139 cm³/mol. The zero-order valence-corrected chi connectivity index (χ0v) is 21.5. The Labute approximate surface area is 202 Å². The van der Waals surface area contributed by atoms with E-state index in [0.717, 1.165) is 27.8 Å². The lowest BCUT2D eigenvalue weighted by atomic mass is 9.77. The minimum atomic E-state index is -1.03. The van der Waals surface area contributed by atoms with Crippen LogP contribution in [0.25, 0.3) is 11.1 Å². The van der Waals surface area contributed by atoms with Crippen LogP contribution in [0.15, 0.2) is 48.8 Å². The fraction of sp³-hybridized carbons (Fsp3) is 0.429. The second kappa shape index (κ2) is 10.8. The Kier molecular flexibility index (Phi) is 8.54. The molecule has 6 nitrogen and oxygen atoms in total. The van der Waals surface area contributed by atoms with Crippen LogP contribution in [0.1, 0.15) is 112 Å². The molecule has 182 valence electrons. The van der Waals surface area contributed by atoms with Crippen LogP contribution in [0.5, 0.6) is 0 Å². The van der Waals surface area contributed by atoms with E-state index in [2.05, 4.69) is 6.58 Å². The van der Waals surface area contributed by atoms with Crippen LogP contribution in [-0.4, -0.2) is 9.85 Å². The van der Waals surface area contributed by atoms with Gasteiger partial charge in [-0.2, -0.15) is 0 Å². The molecule has 0 spiro atoms. The average molecular weight is 465 g/mol. The van der Waals surface area contributed by atoms with Crippen molar-refractivity contribution in [2.24, 2.45) is 0 Å². The van der Waals surface area contributed by atoms with Gasteiger partial charge in [-0.15, -0.1) is 0 Å². The van der Waals surface area contributed by atoms with Crippen molar-refractivity contribution in [3.8, 4) is 0 Å². The molecule has 2 aromatic carbocycles. The van der Waals surface area contributed by atoms with Gasteiger partial charge < -0.3 is 0 Å². The first kappa shape index (κ1) is 27.0. The van der Waals surface area contributed by atoms with Gasteiger partial charge in [0.2, 0.25) is 0 Å². The third-order valence-corrected chi connectivity index (χ3v) is 6.17. The molecule has 34 heavy (non-hydrogen) atoms. The lowest BCUT2D eigenvalue weighted by Crippen LogP contribution is -2.16. The first-order valence-electron chi connectivity index (χ1n) is 11.8. The molecule has 0 aliphatic carbocycles. The minimum absolute atomic E-state index is 0.00108. The van der Waals surface area contributed by atoms with Gasteiger partial charge in [0.1, 0.15) is 15.4 Å². The second-order valence-corrected chi connectivity index (χ2v) is 9.93. The smallest absolute Gasteiger partial charge is 0.253 e. The van der Waals surface area contributed by atoms with Crippen LogP contribution in [0.3, 0.4) is 0 Å². The highest BCUT2D eigenvalue weighted by molar-refractivity contribution is 6.07. The quantitative estimate of drug-likeness (QED) is 0.213. The van der Waals surface area contributed by atoms with Gasteiger partial charge in [-0.05, 0) is 57.1 Å². The zero-order valence-electron chi connectivity index (χ0n) is 21.5. The Morgan fingerprint density at radius 3 is 1.21 bits per heavy atom. The Bertz CT molecular complexity index is 1070. The van der Waals surface area contributed by atoms with E-state index >= 15 is 0 Å². The summed E-state index contributed by atoms with van der Waals surface area (Å²) in [5.74, 6) is -0.826. The predicted octanol–water partition coefficient (Wildman–Crippen LogP) is 8.12. The summed E-state index contributed by atoms with van der Waals surface area (Å²) in [4.78, 5) is 22.6. The molecule has 0 saturated carbocycles. The van der Waals surface area contributed by atoms with Gasteiger partial charge in [-0.3, -0.25) is 20.2 Å². The maximum Gasteiger partial charge on any atom is 0.567 e. The van der Waals surface area contributed by atoms with Crippen molar-refractivity contribution in [1.82, 2.24) is 0 Å². The van der Waals surface area contributed by atoms with Crippen LogP contribution in [0.4, 0.5) is 0 Å². The van der Waals surface area contributed by atoms with E-state index in [0.29, 0.717) is 11.1 Å². The topological polar surface area (TPSA) is 86.3 Å². The van der Waals surface area contributed by atoms with E-state index in [1.54, 1.807) is 0 Å². The molecular formula is C28H36N2O4. The van der Waals surface area contributed by atoms with Crippen LogP contribution >= 0.6 is 0 Å².